The van der Waals surface area contributed by atoms with Gasteiger partial charge >= 0.3 is 0 Å². The molecule has 2 heterocycles. The number of carbonyl (C=O) groups excluding carboxylic acids is 2. The minimum Gasteiger partial charge on any atom is -0.489 e. The number of likely N-dealkylation sites (tertiary alicyclic amines) is 1. The highest BCUT2D eigenvalue weighted by molar-refractivity contribution is 5.92. The Kier molecular flexibility index (Phi) is 7.05. The van der Waals surface area contributed by atoms with Gasteiger partial charge in [0.15, 0.2) is 0 Å². The van der Waals surface area contributed by atoms with E-state index in [4.69, 9.17) is 10.5 Å². The van der Waals surface area contributed by atoms with Crippen molar-refractivity contribution in [2.75, 3.05) is 19.6 Å². The molecule has 8 nitrogen and oxygen atoms in total. The standard InChI is InChI=1S/C27H32N4O4/c1-18(2)15-31(34)25(32)16-30-13-12-27(28,26(30)33)21-8-10-22(11-9-21)35-17-20-14-19(3)29-24-7-5-4-6-23(20)24/h4-11,14,18,34H,12-13,15-17,28H2,1-3H3. The van der Waals surface area contributed by atoms with E-state index in [0.29, 0.717) is 35.9 Å². The number of carbonyl (C=O) groups is 2. The van der Waals surface area contributed by atoms with Crippen molar-refractivity contribution in [3.63, 3.8) is 0 Å². The maximum Gasteiger partial charge on any atom is 0.265 e. The monoisotopic (exact) mass is 476 g/mol. The zero-order valence-corrected chi connectivity index (χ0v) is 20.4. The lowest BCUT2D eigenvalue weighted by molar-refractivity contribution is -0.169. The van der Waals surface area contributed by atoms with Gasteiger partial charge in [-0.05, 0) is 49.1 Å². The summed E-state index contributed by atoms with van der Waals surface area (Å²) in [6.45, 7) is 6.52. The summed E-state index contributed by atoms with van der Waals surface area (Å²) in [6, 6.07) is 17.2. The van der Waals surface area contributed by atoms with Gasteiger partial charge in [0, 0.05) is 23.2 Å². The van der Waals surface area contributed by atoms with Crippen LogP contribution >= 0.6 is 0 Å². The Hall–Kier alpha value is -3.49. The van der Waals surface area contributed by atoms with Gasteiger partial charge in [0.25, 0.3) is 5.91 Å². The third-order valence-corrected chi connectivity index (χ3v) is 6.29. The van der Waals surface area contributed by atoms with Gasteiger partial charge < -0.3 is 15.4 Å². The predicted octanol–water partition coefficient (Wildman–Crippen LogP) is 3.38. The molecule has 0 spiro atoms. The van der Waals surface area contributed by atoms with Crippen molar-refractivity contribution in [3.8, 4) is 5.75 Å². The first-order valence-corrected chi connectivity index (χ1v) is 11.8. The van der Waals surface area contributed by atoms with Gasteiger partial charge in [-0.3, -0.25) is 19.8 Å². The van der Waals surface area contributed by atoms with E-state index in [-0.39, 0.29) is 24.9 Å². The van der Waals surface area contributed by atoms with E-state index in [1.165, 1.54) is 4.90 Å². The zero-order valence-electron chi connectivity index (χ0n) is 20.4. The Balaban J connectivity index is 1.41. The molecule has 1 aliphatic rings. The summed E-state index contributed by atoms with van der Waals surface area (Å²) < 4.78 is 6.02. The molecule has 1 saturated heterocycles. The van der Waals surface area contributed by atoms with Crippen LogP contribution in [-0.4, -0.2) is 51.6 Å². The van der Waals surface area contributed by atoms with Crippen LogP contribution in [0, 0.1) is 12.8 Å². The van der Waals surface area contributed by atoms with E-state index in [9.17, 15) is 14.8 Å². The highest BCUT2D eigenvalue weighted by Gasteiger charge is 2.45. The molecule has 35 heavy (non-hydrogen) atoms. The SMILES string of the molecule is Cc1cc(COc2ccc(C3(N)CCN(CC(=O)N(O)CC(C)C)C3=O)cc2)c2ccccc2n1. The number of aromatic nitrogens is 1. The number of benzene rings is 2. The van der Waals surface area contributed by atoms with Crippen LogP contribution in [0.4, 0.5) is 0 Å². The van der Waals surface area contributed by atoms with Crippen molar-refractivity contribution in [2.45, 2.75) is 39.3 Å². The van der Waals surface area contributed by atoms with Crippen LogP contribution in [0.1, 0.15) is 37.1 Å². The summed E-state index contributed by atoms with van der Waals surface area (Å²) >= 11 is 0. The summed E-state index contributed by atoms with van der Waals surface area (Å²) in [5, 5.41) is 11.6. The Bertz CT molecular complexity index is 1230. The molecule has 4 rings (SSSR count). The first kappa shape index (κ1) is 24.6. The number of amides is 2. The summed E-state index contributed by atoms with van der Waals surface area (Å²) in [4.78, 5) is 31.3. The van der Waals surface area contributed by atoms with E-state index in [1.54, 1.807) is 24.3 Å². The zero-order chi connectivity index (χ0) is 25.2. The molecule has 1 unspecified atom stereocenters. The number of hydrogen-bond donors (Lipinski definition) is 2. The van der Waals surface area contributed by atoms with Crippen molar-refractivity contribution in [1.82, 2.24) is 14.9 Å². The number of hydrogen-bond acceptors (Lipinski definition) is 6. The quantitative estimate of drug-likeness (QED) is 0.381. The van der Waals surface area contributed by atoms with Crippen molar-refractivity contribution < 1.29 is 19.5 Å². The molecule has 8 heteroatoms. The average molecular weight is 477 g/mol. The minimum absolute atomic E-state index is 0.119. The maximum atomic E-state index is 13.1. The summed E-state index contributed by atoms with van der Waals surface area (Å²) in [6.07, 6.45) is 0.386. The van der Waals surface area contributed by atoms with Crippen molar-refractivity contribution in [3.05, 3.63) is 71.4 Å². The fourth-order valence-corrected chi connectivity index (χ4v) is 4.44. The number of rotatable bonds is 8. The Morgan fingerprint density at radius 3 is 2.66 bits per heavy atom. The Labute approximate surface area is 205 Å². The minimum atomic E-state index is -1.21. The number of nitrogens with two attached hydrogens (primary N) is 1. The molecule has 3 N–H and O–H groups in total. The van der Waals surface area contributed by atoms with Crippen LogP contribution in [-0.2, 0) is 21.7 Å². The van der Waals surface area contributed by atoms with Gasteiger partial charge in [-0.15, -0.1) is 0 Å². The second kappa shape index (κ2) is 10.0. The van der Waals surface area contributed by atoms with Gasteiger partial charge in [0.1, 0.15) is 24.4 Å². The molecule has 0 radical (unpaired) electrons. The highest BCUT2D eigenvalue weighted by atomic mass is 16.5. The van der Waals surface area contributed by atoms with Crippen molar-refractivity contribution >= 4 is 22.7 Å². The lowest BCUT2D eigenvalue weighted by Gasteiger charge is -2.25. The number of para-hydroxylation sites is 1. The molecule has 2 aromatic carbocycles. The molecule has 0 bridgehead atoms. The lowest BCUT2D eigenvalue weighted by Crippen LogP contribution is -2.48. The second-order valence-corrected chi connectivity index (χ2v) is 9.57. The number of pyridine rings is 1. The average Bonchev–Trinajstić information content (AvgIpc) is 3.11. The largest absolute Gasteiger partial charge is 0.489 e. The molecule has 1 atom stereocenters. The van der Waals surface area contributed by atoms with Crippen molar-refractivity contribution in [2.24, 2.45) is 11.7 Å². The van der Waals surface area contributed by atoms with Crippen LogP contribution in [0.2, 0.25) is 0 Å². The number of hydroxylamine groups is 2. The third-order valence-electron chi connectivity index (χ3n) is 6.29. The molecule has 0 saturated carbocycles. The smallest absolute Gasteiger partial charge is 0.265 e. The first-order valence-electron chi connectivity index (χ1n) is 11.8. The number of nitrogens with zero attached hydrogens (tertiary/aromatic N) is 3. The van der Waals surface area contributed by atoms with Crippen LogP contribution in [0.5, 0.6) is 5.75 Å². The maximum absolute atomic E-state index is 13.1. The third kappa shape index (κ3) is 5.28. The number of fused-ring (bicyclic) bond motifs is 1. The van der Waals surface area contributed by atoms with Gasteiger partial charge in [-0.2, -0.15) is 0 Å². The summed E-state index contributed by atoms with van der Waals surface area (Å²) in [7, 11) is 0. The Morgan fingerprint density at radius 1 is 1.23 bits per heavy atom. The van der Waals surface area contributed by atoms with Crippen LogP contribution in [0.3, 0.4) is 0 Å². The van der Waals surface area contributed by atoms with Crippen LogP contribution in [0.15, 0.2) is 54.6 Å². The van der Waals surface area contributed by atoms with Gasteiger partial charge in [0.05, 0.1) is 12.1 Å². The molecule has 3 aromatic rings. The Morgan fingerprint density at radius 2 is 1.94 bits per heavy atom. The molecule has 2 amide bonds. The van der Waals surface area contributed by atoms with Crippen LogP contribution < -0.4 is 10.5 Å². The van der Waals surface area contributed by atoms with Gasteiger partial charge in [-0.25, -0.2) is 5.06 Å². The molecule has 184 valence electrons. The van der Waals surface area contributed by atoms with E-state index in [1.807, 2.05) is 51.1 Å². The summed E-state index contributed by atoms with van der Waals surface area (Å²) in [5.74, 6) is -0.0537. The molecule has 1 aliphatic heterocycles. The molecule has 0 aliphatic carbocycles. The van der Waals surface area contributed by atoms with E-state index in [0.717, 1.165) is 22.2 Å². The van der Waals surface area contributed by atoms with Crippen molar-refractivity contribution in [1.29, 1.82) is 0 Å². The van der Waals surface area contributed by atoms with E-state index < -0.39 is 11.4 Å². The lowest BCUT2D eigenvalue weighted by atomic mass is 9.89. The molecular formula is C27H32N4O4. The second-order valence-electron chi connectivity index (χ2n) is 9.57. The highest BCUT2D eigenvalue weighted by Crippen LogP contribution is 2.32. The molecule has 1 aromatic heterocycles. The fourth-order valence-electron chi connectivity index (χ4n) is 4.44. The molecular weight excluding hydrogens is 444 g/mol. The van der Waals surface area contributed by atoms with Gasteiger partial charge in [-0.1, -0.05) is 44.2 Å². The van der Waals surface area contributed by atoms with Gasteiger partial charge in [0.2, 0.25) is 5.91 Å². The van der Waals surface area contributed by atoms with E-state index >= 15 is 0 Å². The predicted molar refractivity (Wildman–Crippen MR) is 133 cm³/mol. The topological polar surface area (TPSA) is 109 Å². The first-order chi connectivity index (χ1) is 16.7. The number of ether oxygens (including phenoxy) is 1. The van der Waals surface area contributed by atoms with E-state index in [2.05, 4.69) is 4.98 Å². The molecule has 1 fully saturated rings. The normalized spacial score (nSPS) is 17.9. The van der Waals surface area contributed by atoms with Crippen LogP contribution in [0.25, 0.3) is 10.9 Å². The summed E-state index contributed by atoms with van der Waals surface area (Å²) in [5.41, 5.74) is 8.88. The fraction of sp³-hybridized carbons (Fsp3) is 0.370. The number of aryl methyl sites for hydroxylation is 1.